The predicted octanol–water partition coefficient (Wildman–Crippen LogP) is 1.04. The standard InChI is InChI=1S/C16H24N4O2S/c1-12-14(18-6-5-17-12)16(21-2,15(23)19-13-3-4-13)11-20-7-9-22-10-8-20/h5-6,13H,3-4,7-11H2,1-2H3,(H,19,23). The number of hydrogen-bond acceptors (Lipinski definition) is 6. The van der Waals surface area contributed by atoms with E-state index in [-0.39, 0.29) is 0 Å². The number of aryl methyl sites for hydroxylation is 1. The Labute approximate surface area is 142 Å². The first-order chi connectivity index (χ1) is 11.2. The highest BCUT2D eigenvalue weighted by Crippen LogP contribution is 2.30. The molecule has 0 amide bonds. The van der Waals surface area contributed by atoms with Gasteiger partial charge >= 0.3 is 0 Å². The average molecular weight is 336 g/mol. The van der Waals surface area contributed by atoms with Crippen LogP contribution >= 0.6 is 12.2 Å². The zero-order valence-electron chi connectivity index (χ0n) is 13.7. The number of thiocarbonyl (C=S) groups is 1. The van der Waals surface area contributed by atoms with Crippen molar-refractivity contribution in [3.8, 4) is 0 Å². The molecule has 3 rings (SSSR count). The fourth-order valence-corrected chi connectivity index (χ4v) is 3.33. The van der Waals surface area contributed by atoms with Crippen LogP contribution in [0.5, 0.6) is 0 Å². The van der Waals surface area contributed by atoms with Crippen molar-refractivity contribution in [3.05, 3.63) is 23.8 Å². The number of morpholine rings is 1. The van der Waals surface area contributed by atoms with Gasteiger partial charge in [0.15, 0.2) is 5.60 Å². The number of methoxy groups -OCH3 is 1. The lowest BCUT2D eigenvalue weighted by Crippen LogP contribution is -2.55. The zero-order valence-corrected chi connectivity index (χ0v) is 14.6. The number of hydrogen-bond donors (Lipinski definition) is 1. The van der Waals surface area contributed by atoms with E-state index in [4.69, 9.17) is 21.7 Å². The van der Waals surface area contributed by atoms with E-state index in [1.165, 1.54) is 0 Å². The molecule has 6 nitrogen and oxygen atoms in total. The molecule has 1 aromatic rings. The molecule has 1 N–H and O–H groups in total. The van der Waals surface area contributed by atoms with Gasteiger partial charge in [0.25, 0.3) is 0 Å². The minimum atomic E-state index is -0.770. The summed E-state index contributed by atoms with van der Waals surface area (Å²) in [6.07, 6.45) is 5.73. The van der Waals surface area contributed by atoms with Crippen molar-refractivity contribution in [3.63, 3.8) is 0 Å². The molecule has 23 heavy (non-hydrogen) atoms. The van der Waals surface area contributed by atoms with Gasteiger partial charge in [0, 0.05) is 45.2 Å². The number of nitrogens with one attached hydrogen (secondary N) is 1. The third-order valence-electron chi connectivity index (χ3n) is 4.44. The summed E-state index contributed by atoms with van der Waals surface area (Å²) in [5.41, 5.74) is 0.878. The summed E-state index contributed by atoms with van der Waals surface area (Å²) in [6.45, 7) is 5.83. The van der Waals surface area contributed by atoms with E-state index < -0.39 is 5.60 Å². The maximum atomic E-state index is 6.01. The van der Waals surface area contributed by atoms with Crippen molar-refractivity contribution in [1.82, 2.24) is 20.2 Å². The summed E-state index contributed by atoms with van der Waals surface area (Å²) < 4.78 is 11.5. The minimum Gasteiger partial charge on any atom is -0.379 e. The third-order valence-corrected chi connectivity index (χ3v) is 4.89. The van der Waals surface area contributed by atoms with Crippen molar-refractivity contribution in [2.75, 3.05) is 40.0 Å². The van der Waals surface area contributed by atoms with Crippen LogP contribution in [0.3, 0.4) is 0 Å². The van der Waals surface area contributed by atoms with Gasteiger partial charge in [-0.2, -0.15) is 0 Å². The van der Waals surface area contributed by atoms with Gasteiger partial charge in [0.05, 0.1) is 18.9 Å². The molecule has 7 heteroatoms. The maximum absolute atomic E-state index is 6.01. The van der Waals surface area contributed by atoms with Crippen molar-refractivity contribution >= 4 is 17.2 Å². The molecule has 1 aliphatic carbocycles. The van der Waals surface area contributed by atoms with E-state index in [2.05, 4.69) is 20.2 Å². The van der Waals surface area contributed by atoms with E-state index >= 15 is 0 Å². The van der Waals surface area contributed by atoms with E-state index in [1.54, 1.807) is 19.5 Å². The Bertz CT molecular complexity index is 561. The van der Waals surface area contributed by atoms with Crippen LogP contribution in [0.4, 0.5) is 0 Å². The molecule has 2 fully saturated rings. The molecule has 2 aliphatic rings. The number of nitrogens with zero attached hydrogens (tertiary/aromatic N) is 3. The molecule has 1 saturated carbocycles. The SMILES string of the molecule is COC(CN1CCOCC1)(C(=S)NC1CC1)c1nccnc1C. The highest BCUT2D eigenvalue weighted by atomic mass is 32.1. The van der Waals surface area contributed by atoms with E-state index in [9.17, 15) is 0 Å². The molecule has 1 atom stereocenters. The first-order valence-corrected chi connectivity index (χ1v) is 8.51. The lowest BCUT2D eigenvalue weighted by molar-refractivity contribution is -0.0259. The van der Waals surface area contributed by atoms with Crippen LogP contribution in [0.25, 0.3) is 0 Å². The predicted molar refractivity (Wildman–Crippen MR) is 91.5 cm³/mol. The van der Waals surface area contributed by atoms with Gasteiger partial charge in [-0.05, 0) is 19.8 Å². The fourth-order valence-electron chi connectivity index (χ4n) is 2.92. The van der Waals surface area contributed by atoms with Crippen molar-refractivity contribution in [2.24, 2.45) is 0 Å². The third kappa shape index (κ3) is 3.68. The van der Waals surface area contributed by atoms with Crippen LogP contribution in [0, 0.1) is 6.92 Å². The maximum Gasteiger partial charge on any atom is 0.173 e. The van der Waals surface area contributed by atoms with Crippen LogP contribution in [-0.2, 0) is 15.1 Å². The first kappa shape index (κ1) is 16.7. The first-order valence-electron chi connectivity index (χ1n) is 8.10. The number of rotatable bonds is 6. The zero-order chi connectivity index (χ0) is 16.3. The van der Waals surface area contributed by atoms with Gasteiger partial charge in [-0.15, -0.1) is 0 Å². The van der Waals surface area contributed by atoms with E-state index in [1.807, 2.05) is 6.92 Å². The molecule has 0 spiro atoms. The van der Waals surface area contributed by atoms with Gasteiger partial charge in [0.2, 0.25) is 0 Å². The van der Waals surface area contributed by atoms with Crippen molar-refractivity contribution in [1.29, 1.82) is 0 Å². The summed E-state index contributed by atoms with van der Waals surface area (Å²) in [5.74, 6) is 0. The molecule has 2 heterocycles. The monoisotopic (exact) mass is 336 g/mol. The Morgan fingerprint density at radius 1 is 1.39 bits per heavy atom. The molecule has 1 saturated heterocycles. The molecule has 0 bridgehead atoms. The molecule has 0 aromatic carbocycles. The smallest absolute Gasteiger partial charge is 0.173 e. The number of ether oxygens (including phenoxy) is 2. The normalized spacial score (nSPS) is 21.7. The largest absolute Gasteiger partial charge is 0.379 e. The summed E-state index contributed by atoms with van der Waals surface area (Å²) in [4.78, 5) is 12.0. The Kier molecular flexibility index (Phi) is 5.21. The second kappa shape index (κ2) is 7.17. The van der Waals surface area contributed by atoms with Crippen LogP contribution in [0.1, 0.15) is 24.2 Å². The molecule has 126 valence electrons. The van der Waals surface area contributed by atoms with E-state index in [0.29, 0.717) is 17.6 Å². The Morgan fingerprint density at radius 3 is 2.70 bits per heavy atom. The van der Waals surface area contributed by atoms with Crippen LogP contribution in [0.15, 0.2) is 12.4 Å². The lowest BCUT2D eigenvalue weighted by Gasteiger charge is -2.39. The summed E-state index contributed by atoms with van der Waals surface area (Å²) in [7, 11) is 1.70. The van der Waals surface area contributed by atoms with Crippen molar-refractivity contribution < 1.29 is 9.47 Å². The highest BCUT2D eigenvalue weighted by molar-refractivity contribution is 7.80. The van der Waals surface area contributed by atoms with Gasteiger partial charge < -0.3 is 14.8 Å². The Hall–Kier alpha value is -1.15. The van der Waals surface area contributed by atoms with Gasteiger partial charge in [-0.3, -0.25) is 14.9 Å². The second-order valence-corrected chi connectivity index (χ2v) is 6.57. The Morgan fingerprint density at radius 2 is 2.09 bits per heavy atom. The topological polar surface area (TPSA) is 59.5 Å². The quantitative estimate of drug-likeness (QED) is 0.779. The molecule has 1 unspecified atom stereocenters. The second-order valence-electron chi connectivity index (χ2n) is 6.16. The summed E-state index contributed by atoms with van der Waals surface area (Å²) in [6, 6.07) is 0.471. The lowest BCUT2D eigenvalue weighted by atomic mass is 9.95. The van der Waals surface area contributed by atoms with E-state index in [0.717, 1.165) is 50.5 Å². The molecule has 1 aromatic heterocycles. The molecule has 1 aliphatic heterocycles. The Balaban J connectivity index is 1.92. The molecular weight excluding hydrogens is 312 g/mol. The van der Waals surface area contributed by atoms with Crippen LogP contribution in [0.2, 0.25) is 0 Å². The average Bonchev–Trinajstić information content (AvgIpc) is 3.38. The summed E-state index contributed by atoms with van der Waals surface area (Å²) in [5, 5.41) is 3.44. The summed E-state index contributed by atoms with van der Waals surface area (Å²) >= 11 is 5.75. The van der Waals surface area contributed by atoms with Crippen LogP contribution in [-0.4, -0.2) is 65.9 Å². The molecular formula is C16H24N4O2S. The van der Waals surface area contributed by atoms with Gasteiger partial charge in [0.1, 0.15) is 10.7 Å². The number of aromatic nitrogens is 2. The minimum absolute atomic E-state index is 0.471. The van der Waals surface area contributed by atoms with Gasteiger partial charge in [-0.25, -0.2) is 0 Å². The molecule has 0 radical (unpaired) electrons. The fraction of sp³-hybridized carbons (Fsp3) is 0.688. The van der Waals surface area contributed by atoms with Crippen molar-refractivity contribution in [2.45, 2.75) is 31.4 Å². The highest BCUT2D eigenvalue weighted by Gasteiger charge is 2.43. The van der Waals surface area contributed by atoms with Crippen LogP contribution < -0.4 is 5.32 Å². The van der Waals surface area contributed by atoms with Gasteiger partial charge in [-0.1, -0.05) is 12.2 Å².